The van der Waals surface area contributed by atoms with Crippen LogP contribution >= 0.6 is 34.7 Å². The van der Waals surface area contributed by atoms with Gasteiger partial charge in [-0.2, -0.15) is 0 Å². The number of aromatic nitrogens is 3. The van der Waals surface area contributed by atoms with Crippen LogP contribution in [0.3, 0.4) is 0 Å². The lowest BCUT2D eigenvalue weighted by Crippen LogP contribution is -2.17. The minimum atomic E-state index is -0.446. The normalized spacial score (nSPS) is 13.1. The van der Waals surface area contributed by atoms with Gasteiger partial charge in [-0.1, -0.05) is 29.8 Å². The fourth-order valence-electron chi connectivity index (χ4n) is 4.03. The van der Waals surface area contributed by atoms with Crippen LogP contribution in [-0.2, 0) is 35.5 Å². The number of ether oxygens (including phenoxy) is 2. The molecule has 0 saturated heterocycles. The number of rotatable bonds is 9. The van der Waals surface area contributed by atoms with E-state index in [9.17, 15) is 14.0 Å². The Morgan fingerprint density at radius 3 is 2.81 bits per heavy atom. The molecule has 1 aromatic carbocycles. The van der Waals surface area contributed by atoms with Crippen LogP contribution in [0.15, 0.2) is 23.4 Å². The number of carbonyl (C=O) groups excluding carboxylic acids is 2. The summed E-state index contributed by atoms with van der Waals surface area (Å²) in [5, 5.41) is 12.5. The van der Waals surface area contributed by atoms with Crippen molar-refractivity contribution in [1.82, 2.24) is 14.8 Å². The number of nitrogens with one attached hydrogen (secondary N) is 1. The zero-order chi connectivity index (χ0) is 25.7. The number of fused-ring (bicyclic) bond motifs is 1. The lowest BCUT2D eigenvalue weighted by Gasteiger charge is -2.10. The third-order valence-corrected chi connectivity index (χ3v) is 8.23. The van der Waals surface area contributed by atoms with Gasteiger partial charge >= 0.3 is 5.97 Å². The van der Waals surface area contributed by atoms with Gasteiger partial charge in [0.15, 0.2) is 11.0 Å². The van der Waals surface area contributed by atoms with E-state index in [1.54, 1.807) is 0 Å². The molecule has 1 aliphatic rings. The lowest BCUT2D eigenvalue weighted by atomic mass is 10.1. The number of aryl methyl sites for hydroxylation is 1. The van der Waals surface area contributed by atoms with Crippen molar-refractivity contribution in [3.8, 4) is 5.75 Å². The van der Waals surface area contributed by atoms with Gasteiger partial charge in [0.1, 0.15) is 23.2 Å². The van der Waals surface area contributed by atoms with Crippen molar-refractivity contribution in [2.24, 2.45) is 0 Å². The van der Waals surface area contributed by atoms with Crippen molar-refractivity contribution in [1.29, 1.82) is 0 Å². The summed E-state index contributed by atoms with van der Waals surface area (Å²) < 4.78 is 25.8. The number of thiophene rings is 1. The smallest absolute Gasteiger partial charge is 0.341 e. The zero-order valence-corrected chi connectivity index (χ0v) is 22.3. The van der Waals surface area contributed by atoms with Gasteiger partial charge in [0, 0.05) is 11.4 Å². The standard InChI is InChI=1S/C24H26ClFN4O4S2/c1-3-30-19(12-34-17-10-9-14(26)11-16(17)25)28-29-24(30)35-13-20(31)27-22-21(23(32)33-2)15-7-5-4-6-8-18(15)36-22/h9-11H,3-8,12-13H2,1-2H3,(H,27,31). The topological polar surface area (TPSA) is 95.3 Å². The Bertz CT molecular complexity index is 1260. The first kappa shape index (κ1) is 26.4. The number of benzene rings is 1. The van der Waals surface area contributed by atoms with Gasteiger partial charge in [0.2, 0.25) is 5.91 Å². The minimum absolute atomic E-state index is 0.0855. The van der Waals surface area contributed by atoms with Crippen molar-refractivity contribution in [3.63, 3.8) is 0 Å². The largest absolute Gasteiger partial charge is 0.484 e. The molecule has 2 aromatic heterocycles. The average molecular weight is 553 g/mol. The predicted molar refractivity (Wildman–Crippen MR) is 138 cm³/mol. The molecule has 0 aliphatic heterocycles. The van der Waals surface area contributed by atoms with Crippen molar-refractivity contribution in [2.45, 2.75) is 57.3 Å². The second-order valence-electron chi connectivity index (χ2n) is 8.10. The van der Waals surface area contributed by atoms with Crippen molar-refractivity contribution in [2.75, 3.05) is 18.2 Å². The maximum absolute atomic E-state index is 13.3. The van der Waals surface area contributed by atoms with Crippen LogP contribution in [0.4, 0.5) is 9.39 Å². The Morgan fingerprint density at radius 2 is 2.06 bits per heavy atom. The quantitative estimate of drug-likeness (QED) is 0.212. The van der Waals surface area contributed by atoms with E-state index < -0.39 is 11.8 Å². The van der Waals surface area contributed by atoms with Gasteiger partial charge in [0.05, 0.1) is 23.4 Å². The van der Waals surface area contributed by atoms with E-state index >= 15 is 0 Å². The molecular weight excluding hydrogens is 527 g/mol. The summed E-state index contributed by atoms with van der Waals surface area (Å²) in [5.74, 6) is -0.134. The Hall–Kier alpha value is -2.63. The second kappa shape index (κ2) is 12.1. The number of halogens is 2. The van der Waals surface area contributed by atoms with Gasteiger partial charge in [-0.3, -0.25) is 4.79 Å². The molecule has 0 spiro atoms. The Kier molecular flexibility index (Phi) is 8.86. The molecule has 0 unspecified atom stereocenters. The third-order valence-electron chi connectivity index (χ3n) is 5.76. The van der Waals surface area contributed by atoms with E-state index in [-0.39, 0.29) is 23.3 Å². The molecule has 36 heavy (non-hydrogen) atoms. The first-order chi connectivity index (χ1) is 17.4. The number of thioether (sulfide) groups is 1. The summed E-state index contributed by atoms with van der Waals surface area (Å²) >= 11 is 8.72. The van der Waals surface area contributed by atoms with Crippen LogP contribution < -0.4 is 10.1 Å². The van der Waals surface area contributed by atoms with E-state index in [2.05, 4.69) is 15.5 Å². The molecule has 12 heteroatoms. The highest BCUT2D eigenvalue weighted by Gasteiger charge is 2.26. The first-order valence-corrected chi connectivity index (χ1v) is 13.7. The monoisotopic (exact) mass is 552 g/mol. The van der Waals surface area contributed by atoms with E-state index in [1.165, 1.54) is 48.4 Å². The molecule has 1 amide bonds. The van der Waals surface area contributed by atoms with Crippen LogP contribution in [0.5, 0.6) is 5.75 Å². The molecule has 192 valence electrons. The number of nitrogens with zero attached hydrogens (tertiary/aromatic N) is 3. The molecule has 8 nitrogen and oxygen atoms in total. The molecule has 0 bridgehead atoms. The summed E-state index contributed by atoms with van der Waals surface area (Å²) in [5.41, 5.74) is 1.48. The molecular formula is C24H26ClFN4O4S2. The second-order valence-corrected chi connectivity index (χ2v) is 10.6. The highest BCUT2D eigenvalue weighted by atomic mass is 35.5. The third kappa shape index (κ3) is 6.01. The summed E-state index contributed by atoms with van der Waals surface area (Å²) in [6.45, 7) is 2.59. The average Bonchev–Trinajstić information content (AvgIpc) is 3.33. The zero-order valence-electron chi connectivity index (χ0n) is 19.9. The highest BCUT2D eigenvalue weighted by Crippen LogP contribution is 2.38. The Morgan fingerprint density at radius 1 is 1.25 bits per heavy atom. The highest BCUT2D eigenvalue weighted by molar-refractivity contribution is 7.99. The lowest BCUT2D eigenvalue weighted by molar-refractivity contribution is -0.113. The maximum atomic E-state index is 13.3. The van der Waals surface area contributed by atoms with Gasteiger partial charge < -0.3 is 19.4 Å². The molecule has 1 aliphatic carbocycles. The van der Waals surface area contributed by atoms with E-state index in [4.69, 9.17) is 21.1 Å². The first-order valence-electron chi connectivity index (χ1n) is 11.6. The number of hydrogen-bond donors (Lipinski definition) is 1. The molecule has 2 heterocycles. The van der Waals surface area contributed by atoms with Crippen molar-refractivity contribution < 1.29 is 23.5 Å². The molecule has 0 fully saturated rings. The predicted octanol–water partition coefficient (Wildman–Crippen LogP) is 5.52. The number of methoxy groups -OCH3 is 1. The SMILES string of the molecule is CCn1c(COc2ccc(F)cc2Cl)nnc1SCC(=O)Nc1sc2c(c1C(=O)OC)CCCCC2. The van der Waals surface area contributed by atoms with Crippen LogP contribution in [0.2, 0.25) is 5.02 Å². The minimum Gasteiger partial charge on any atom is -0.484 e. The number of esters is 1. The van der Waals surface area contributed by atoms with Crippen LogP contribution in [0.25, 0.3) is 0 Å². The van der Waals surface area contributed by atoms with Gasteiger partial charge in [-0.05, 0) is 56.4 Å². The summed E-state index contributed by atoms with van der Waals surface area (Å²) in [6, 6.07) is 3.90. The van der Waals surface area contributed by atoms with Crippen LogP contribution in [-0.4, -0.2) is 39.5 Å². The maximum Gasteiger partial charge on any atom is 0.341 e. The summed E-state index contributed by atoms with van der Waals surface area (Å²) in [4.78, 5) is 26.4. The molecule has 4 rings (SSSR count). The molecule has 1 N–H and O–H groups in total. The summed E-state index contributed by atoms with van der Waals surface area (Å²) in [7, 11) is 1.35. The van der Waals surface area contributed by atoms with Crippen molar-refractivity contribution >= 4 is 51.6 Å². The summed E-state index contributed by atoms with van der Waals surface area (Å²) in [6.07, 6.45) is 4.94. The molecule has 0 atom stereocenters. The van der Waals surface area contributed by atoms with E-state index in [0.29, 0.717) is 33.8 Å². The van der Waals surface area contributed by atoms with Gasteiger partial charge in [0.25, 0.3) is 0 Å². The molecule has 3 aromatic rings. The van der Waals surface area contributed by atoms with Crippen LogP contribution in [0.1, 0.15) is 52.8 Å². The fourth-order valence-corrected chi connectivity index (χ4v) is 6.36. The van der Waals surface area contributed by atoms with E-state index in [1.807, 2.05) is 11.5 Å². The van der Waals surface area contributed by atoms with Crippen LogP contribution in [0, 0.1) is 5.82 Å². The number of amides is 1. The fraction of sp³-hybridized carbons (Fsp3) is 0.417. The van der Waals surface area contributed by atoms with Crippen molar-refractivity contribution in [3.05, 3.63) is 50.9 Å². The molecule has 0 saturated carbocycles. The Labute approximate surface area is 221 Å². The number of anilines is 1. The number of carbonyl (C=O) groups is 2. The van der Waals surface area contributed by atoms with Gasteiger partial charge in [-0.25, -0.2) is 9.18 Å². The van der Waals surface area contributed by atoms with Gasteiger partial charge in [-0.15, -0.1) is 21.5 Å². The Balaban J connectivity index is 1.41. The van der Waals surface area contributed by atoms with E-state index in [0.717, 1.165) is 42.5 Å². The number of hydrogen-bond acceptors (Lipinski definition) is 8. The molecule has 0 radical (unpaired) electrons.